The number of likely N-dealkylation sites (tertiary alicyclic amines) is 1. The predicted molar refractivity (Wildman–Crippen MR) is 97.0 cm³/mol. The lowest BCUT2D eigenvalue weighted by atomic mass is 9.78. The Morgan fingerprint density at radius 2 is 1.96 bits per heavy atom. The van der Waals surface area contributed by atoms with Crippen LogP contribution in [0.4, 0.5) is 0 Å². The third-order valence-electron chi connectivity index (χ3n) is 5.40. The summed E-state index contributed by atoms with van der Waals surface area (Å²) in [4.78, 5) is 23.7. The molecule has 1 aromatic carbocycles. The third kappa shape index (κ3) is 3.14. The van der Waals surface area contributed by atoms with E-state index in [0.717, 1.165) is 34.8 Å². The fraction of sp³-hybridized carbons (Fsp3) is 0.526. The van der Waals surface area contributed by atoms with E-state index < -0.39 is 0 Å². The molecule has 0 spiro atoms. The number of thioether (sulfide) groups is 1. The molecular formula is C19H23N3OS. The Bertz CT molecular complexity index is 728. The molecule has 126 valence electrons. The normalized spacial score (nSPS) is 23.9. The van der Waals surface area contributed by atoms with Crippen LogP contribution < -0.4 is 0 Å². The average Bonchev–Trinajstić information content (AvgIpc) is 2.65. The van der Waals surface area contributed by atoms with Gasteiger partial charge in [0.25, 0.3) is 0 Å². The first-order valence-electron chi connectivity index (χ1n) is 8.95. The molecule has 1 aliphatic carbocycles. The molecule has 1 amide bonds. The second kappa shape index (κ2) is 7.09. The highest BCUT2D eigenvalue weighted by Gasteiger charge is 2.35. The van der Waals surface area contributed by atoms with Crippen LogP contribution in [0.3, 0.4) is 0 Å². The molecule has 0 N–H and O–H groups in total. The van der Waals surface area contributed by atoms with Crippen molar-refractivity contribution in [1.82, 2.24) is 14.9 Å². The first kappa shape index (κ1) is 15.9. The van der Waals surface area contributed by atoms with Crippen LogP contribution in [-0.4, -0.2) is 39.1 Å². The Labute approximate surface area is 147 Å². The van der Waals surface area contributed by atoms with Crippen LogP contribution >= 0.6 is 11.8 Å². The SMILES string of the molecule is O=C(CSc1ncnc2ccccc12)N1CCC[C@@H]2CCCC[C@@H]21. The van der Waals surface area contributed by atoms with Crippen LogP contribution in [0.1, 0.15) is 38.5 Å². The van der Waals surface area contributed by atoms with E-state index in [1.165, 1.54) is 32.1 Å². The summed E-state index contributed by atoms with van der Waals surface area (Å²) >= 11 is 1.55. The van der Waals surface area contributed by atoms with Crippen LogP contribution in [0.25, 0.3) is 10.9 Å². The number of hydrogen-bond acceptors (Lipinski definition) is 4. The molecule has 1 saturated heterocycles. The Morgan fingerprint density at radius 1 is 1.12 bits per heavy atom. The summed E-state index contributed by atoms with van der Waals surface area (Å²) in [6.45, 7) is 0.936. The molecule has 0 unspecified atom stereocenters. The van der Waals surface area contributed by atoms with Crippen molar-refractivity contribution < 1.29 is 4.79 Å². The Morgan fingerprint density at radius 3 is 2.92 bits per heavy atom. The molecular weight excluding hydrogens is 318 g/mol. The van der Waals surface area contributed by atoms with Gasteiger partial charge in [-0.2, -0.15) is 0 Å². The minimum atomic E-state index is 0.277. The lowest BCUT2D eigenvalue weighted by molar-refractivity contribution is -0.134. The Kier molecular flexibility index (Phi) is 4.69. The molecule has 4 nitrogen and oxygen atoms in total. The number of fused-ring (bicyclic) bond motifs is 2. The molecule has 4 rings (SSSR count). The van der Waals surface area contributed by atoms with Crippen molar-refractivity contribution in [3.63, 3.8) is 0 Å². The molecule has 2 aliphatic rings. The summed E-state index contributed by atoms with van der Waals surface area (Å²) < 4.78 is 0. The zero-order chi connectivity index (χ0) is 16.4. The zero-order valence-electron chi connectivity index (χ0n) is 13.9. The molecule has 1 aromatic heterocycles. The monoisotopic (exact) mass is 341 g/mol. The topological polar surface area (TPSA) is 46.1 Å². The lowest BCUT2D eigenvalue weighted by Crippen LogP contribution is -2.50. The molecule has 2 fully saturated rings. The molecule has 5 heteroatoms. The lowest BCUT2D eigenvalue weighted by Gasteiger charge is -2.44. The molecule has 2 atom stereocenters. The number of benzene rings is 1. The third-order valence-corrected chi connectivity index (χ3v) is 6.39. The van der Waals surface area contributed by atoms with Gasteiger partial charge >= 0.3 is 0 Å². The number of aromatic nitrogens is 2. The van der Waals surface area contributed by atoms with Gasteiger partial charge in [0.05, 0.1) is 11.3 Å². The van der Waals surface area contributed by atoms with Gasteiger partial charge in [-0.05, 0) is 37.7 Å². The second-order valence-electron chi connectivity index (χ2n) is 6.83. The van der Waals surface area contributed by atoms with Gasteiger partial charge < -0.3 is 4.90 Å². The summed E-state index contributed by atoms with van der Waals surface area (Å²) in [7, 11) is 0. The van der Waals surface area contributed by atoms with Crippen LogP contribution in [-0.2, 0) is 4.79 Å². The summed E-state index contributed by atoms with van der Waals surface area (Å²) in [6.07, 6.45) is 9.16. The Hall–Kier alpha value is -1.62. The van der Waals surface area contributed by atoms with Crippen LogP contribution in [0.5, 0.6) is 0 Å². The first-order valence-corrected chi connectivity index (χ1v) is 9.93. The summed E-state index contributed by atoms with van der Waals surface area (Å²) in [5, 5.41) is 1.94. The van der Waals surface area contributed by atoms with Crippen molar-refractivity contribution in [2.75, 3.05) is 12.3 Å². The summed E-state index contributed by atoms with van der Waals surface area (Å²) in [5.74, 6) is 1.49. The smallest absolute Gasteiger partial charge is 0.233 e. The van der Waals surface area contributed by atoms with Gasteiger partial charge in [0.15, 0.2) is 0 Å². The molecule has 1 aliphatic heterocycles. The van der Waals surface area contributed by atoms with E-state index in [-0.39, 0.29) is 5.91 Å². The minimum absolute atomic E-state index is 0.277. The van der Waals surface area contributed by atoms with E-state index in [2.05, 4.69) is 14.9 Å². The maximum absolute atomic E-state index is 12.8. The second-order valence-corrected chi connectivity index (χ2v) is 7.79. The molecule has 0 radical (unpaired) electrons. The largest absolute Gasteiger partial charge is 0.339 e. The standard InChI is InChI=1S/C19H23N3OS/c23-18(22-11-5-7-14-6-1-4-10-17(14)22)12-24-19-15-8-2-3-9-16(15)20-13-21-19/h2-3,8-9,13-14,17H,1,4-7,10-12H2/t14-,17-/m0/s1. The maximum Gasteiger partial charge on any atom is 0.233 e. The number of rotatable bonds is 3. The van der Waals surface area contributed by atoms with E-state index in [9.17, 15) is 4.79 Å². The number of hydrogen-bond donors (Lipinski definition) is 0. The number of amides is 1. The maximum atomic E-state index is 12.8. The van der Waals surface area contributed by atoms with E-state index in [1.54, 1.807) is 18.1 Å². The van der Waals surface area contributed by atoms with E-state index >= 15 is 0 Å². The van der Waals surface area contributed by atoms with Gasteiger partial charge in [0.2, 0.25) is 5.91 Å². The molecule has 1 saturated carbocycles. The van der Waals surface area contributed by atoms with Crippen molar-refractivity contribution in [3.05, 3.63) is 30.6 Å². The average molecular weight is 341 g/mol. The number of para-hydroxylation sites is 1. The number of nitrogens with zero attached hydrogens (tertiary/aromatic N) is 3. The molecule has 24 heavy (non-hydrogen) atoms. The van der Waals surface area contributed by atoms with Gasteiger partial charge in [0, 0.05) is 18.0 Å². The molecule has 0 bridgehead atoms. The fourth-order valence-corrected chi connectivity index (χ4v) is 5.12. The van der Waals surface area contributed by atoms with Crippen molar-refractivity contribution in [1.29, 1.82) is 0 Å². The summed E-state index contributed by atoms with van der Waals surface area (Å²) in [6, 6.07) is 8.48. The highest BCUT2D eigenvalue weighted by atomic mass is 32.2. The highest BCUT2D eigenvalue weighted by molar-refractivity contribution is 8.00. The van der Waals surface area contributed by atoms with Crippen LogP contribution in [0, 0.1) is 5.92 Å². The number of carbonyl (C=O) groups is 1. The van der Waals surface area contributed by atoms with Crippen molar-refractivity contribution >= 4 is 28.6 Å². The zero-order valence-corrected chi connectivity index (χ0v) is 14.7. The fourth-order valence-electron chi connectivity index (χ4n) is 4.24. The summed E-state index contributed by atoms with van der Waals surface area (Å²) in [5.41, 5.74) is 0.938. The number of piperidine rings is 1. The van der Waals surface area contributed by atoms with Crippen LogP contribution in [0.15, 0.2) is 35.6 Å². The van der Waals surface area contributed by atoms with Crippen LogP contribution in [0.2, 0.25) is 0 Å². The van der Waals surface area contributed by atoms with Crippen molar-refractivity contribution in [2.45, 2.75) is 49.6 Å². The van der Waals surface area contributed by atoms with Gasteiger partial charge in [0.1, 0.15) is 11.4 Å². The minimum Gasteiger partial charge on any atom is -0.339 e. The highest BCUT2D eigenvalue weighted by Crippen LogP contribution is 2.36. The van der Waals surface area contributed by atoms with Crippen molar-refractivity contribution in [2.24, 2.45) is 5.92 Å². The van der Waals surface area contributed by atoms with Gasteiger partial charge in [-0.1, -0.05) is 42.8 Å². The Balaban J connectivity index is 1.46. The van der Waals surface area contributed by atoms with Crippen molar-refractivity contribution in [3.8, 4) is 0 Å². The quantitative estimate of drug-likeness (QED) is 0.627. The van der Waals surface area contributed by atoms with Gasteiger partial charge in [-0.15, -0.1) is 0 Å². The number of carbonyl (C=O) groups excluding carboxylic acids is 1. The molecule has 2 aromatic rings. The first-order chi connectivity index (χ1) is 11.8. The van der Waals surface area contributed by atoms with Gasteiger partial charge in [-0.25, -0.2) is 9.97 Å². The van der Waals surface area contributed by atoms with E-state index in [1.807, 2.05) is 24.3 Å². The van der Waals surface area contributed by atoms with Gasteiger partial charge in [-0.3, -0.25) is 4.79 Å². The predicted octanol–water partition coefficient (Wildman–Crippen LogP) is 3.90. The van der Waals surface area contributed by atoms with E-state index in [0.29, 0.717) is 11.8 Å². The molecule has 2 heterocycles. The van der Waals surface area contributed by atoms with E-state index in [4.69, 9.17) is 0 Å².